The van der Waals surface area contributed by atoms with E-state index < -0.39 is 0 Å². The molecule has 2 aliphatic rings. The lowest BCUT2D eigenvalue weighted by atomic mass is 9.74. The van der Waals surface area contributed by atoms with Gasteiger partial charge in [0.25, 0.3) is 5.91 Å². The smallest absolute Gasteiger partial charge is 0.400 e. The Morgan fingerprint density at radius 3 is 2.29 bits per heavy atom. The molecule has 130 valence electrons. The zero-order chi connectivity index (χ0) is 17.7. The van der Waals surface area contributed by atoms with Crippen LogP contribution < -0.4 is 0 Å². The maximum absolute atomic E-state index is 12.7. The van der Waals surface area contributed by atoms with Gasteiger partial charge in [-0.25, -0.2) is 0 Å². The standard InChI is InChI=1S/C17H25BN2O4/c1-11-14(12(2)22-19-11)15(21)20-9-7-13(8-10-20)18-23-16(3,4)17(5,6)24-18/h7H,8-10H2,1-6H3. The number of hydrogen-bond donors (Lipinski definition) is 0. The predicted octanol–water partition coefficient (Wildman–Crippen LogP) is 2.70. The SMILES string of the molecule is Cc1noc(C)c1C(=O)N1CC=C(B2OC(C)(C)C(C)(C)O2)CC1. The van der Waals surface area contributed by atoms with Crippen LogP contribution in [0.3, 0.4) is 0 Å². The highest BCUT2D eigenvalue weighted by molar-refractivity contribution is 6.54. The van der Waals surface area contributed by atoms with E-state index in [1.54, 1.807) is 18.7 Å². The van der Waals surface area contributed by atoms with E-state index in [2.05, 4.69) is 5.16 Å². The number of aryl methyl sites for hydroxylation is 2. The molecular weight excluding hydrogens is 307 g/mol. The van der Waals surface area contributed by atoms with Crippen molar-refractivity contribution in [2.45, 2.75) is 59.2 Å². The van der Waals surface area contributed by atoms with Crippen LogP contribution in [0.5, 0.6) is 0 Å². The number of rotatable bonds is 2. The van der Waals surface area contributed by atoms with Crippen molar-refractivity contribution in [1.82, 2.24) is 10.1 Å². The first kappa shape index (κ1) is 17.2. The molecule has 2 aliphatic heterocycles. The highest BCUT2D eigenvalue weighted by Crippen LogP contribution is 2.39. The Morgan fingerprint density at radius 1 is 1.21 bits per heavy atom. The summed E-state index contributed by atoms with van der Waals surface area (Å²) in [7, 11) is -0.327. The van der Waals surface area contributed by atoms with E-state index in [0.29, 0.717) is 30.1 Å². The first-order chi connectivity index (χ1) is 11.1. The van der Waals surface area contributed by atoms with Crippen molar-refractivity contribution >= 4 is 13.0 Å². The van der Waals surface area contributed by atoms with Crippen molar-refractivity contribution < 1.29 is 18.6 Å². The Morgan fingerprint density at radius 2 is 1.83 bits per heavy atom. The second-order valence-corrected chi connectivity index (χ2v) is 7.57. The summed E-state index contributed by atoms with van der Waals surface area (Å²) >= 11 is 0. The lowest BCUT2D eigenvalue weighted by Gasteiger charge is -2.32. The van der Waals surface area contributed by atoms with Crippen LogP contribution >= 0.6 is 0 Å². The Labute approximate surface area is 143 Å². The molecule has 7 heteroatoms. The molecule has 0 bridgehead atoms. The maximum atomic E-state index is 12.7. The van der Waals surface area contributed by atoms with Gasteiger partial charge in [-0.05, 0) is 53.4 Å². The van der Waals surface area contributed by atoms with E-state index in [-0.39, 0.29) is 24.2 Å². The van der Waals surface area contributed by atoms with Crippen molar-refractivity contribution in [3.63, 3.8) is 0 Å². The van der Waals surface area contributed by atoms with Gasteiger partial charge in [0.1, 0.15) is 11.3 Å². The molecule has 0 aliphatic carbocycles. The lowest BCUT2D eigenvalue weighted by Crippen LogP contribution is -2.41. The minimum absolute atomic E-state index is 0.0320. The summed E-state index contributed by atoms with van der Waals surface area (Å²) in [6.07, 6.45) is 2.79. The number of carbonyl (C=O) groups is 1. The van der Waals surface area contributed by atoms with Crippen LogP contribution in [0.15, 0.2) is 16.1 Å². The fourth-order valence-corrected chi connectivity index (χ4v) is 3.02. The van der Waals surface area contributed by atoms with Crippen molar-refractivity contribution in [2.75, 3.05) is 13.1 Å². The molecule has 0 unspecified atom stereocenters. The summed E-state index contributed by atoms with van der Waals surface area (Å²) in [5, 5.41) is 3.86. The van der Waals surface area contributed by atoms with Crippen molar-refractivity contribution in [1.29, 1.82) is 0 Å². The van der Waals surface area contributed by atoms with Crippen molar-refractivity contribution in [3.8, 4) is 0 Å². The lowest BCUT2D eigenvalue weighted by molar-refractivity contribution is 0.00578. The largest absolute Gasteiger partial charge is 0.490 e. The summed E-state index contributed by atoms with van der Waals surface area (Å²) in [5.74, 6) is 0.536. The minimum Gasteiger partial charge on any atom is -0.400 e. The molecule has 1 aromatic rings. The maximum Gasteiger partial charge on any atom is 0.490 e. The second kappa shape index (κ2) is 5.74. The van der Waals surface area contributed by atoms with Gasteiger partial charge in [0.2, 0.25) is 0 Å². The summed E-state index contributed by atoms with van der Waals surface area (Å²) < 4.78 is 17.3. The molecule has 3 heterocycles. The van der Waals surface area contributed by atoms with Gasteiger partial charge in [0.15, 0.2) is 0 Å². The van der Waals surface area contributed by atoms with Crippen LogP contribution in [0.25, 0.3) is 0 Å². The van der Waals surface area contributed by atoms with Crippen LogP contribution in [-0.2, 0) is 9.31 Å². The van der Waals surface area contributed by atoms with Crippen LogP contribution in [0.4, 0.5) is 0 Å². The van der Waals surface area contributed by atoms with Gasteiger partial charge >= 0.3 is 7.12 Å². The number of nitrogens with zero attached hydrogens (tertiary/aromatic N) is 2. The third-order valence-electron chi connectivity index (χ3n) is 5.33. The molecule has 0 radical (unpaired) electrons. The molecule has 0 spiro atoms. The molecule has 1 fully saturated rings. The molecule has 1 saturated heterocycles. The number of amides is 1. The molecular formula is C17H25BN2O4. The Bertz CT molecular complexity index is 657. The molecule has 1 aromatic heterocycles. The van der Waals surface area contributed by atoms with E-state index in [1.807, 2.05) is 33.8 Å². The second-order valence-electron chi connectivity index (χ2n) is 7.57. The normalized spacial score (nSPS) is 22.7. The number of hydrogen-bond acceptors (Lipinski definition) is 5. The molecule has 1 amide bonds. The van der Waals surface area contributed by atoms with E-state index >= 15 is 0 Å². The van der Waals surface area contributed by atoms with Crippen molar-refractivity contribution in [2.24, 2.45) is 0 Å². The average molecular weight is 332 g/mol. The molecule has 0 atom stereocenters. The number of carbonyl (C=O) groups excluding carboxylic acids is 1. The summed E-state index contributed by atoms with van der Waals surface area (Å²) in [5.41, 5.74) is 1.63. The quantitative estimate of drug-likeness (QED) is 0.779. The van der Waals surface area contributed by atoms with E-state index in [4.69, 9.17) is 13.8 Å². The topological polar surface area (TPSA) is 64.8 Å². The van der Waals surface area contributed by atoms with Crippen LogP contribution in [0.2, 0.25) is 0 Å². The fraction of sp³-hybridized carbons (Fsp3) is 0.647. The molecule has 3 rings (SSSR count). The first-order valence-electron chi connectivity index (χ1n) is 8.39. The molecule has 6 nitrogen and oxygen atoms in total. The minimum atomic E-state index is -0.345. The number of aromatic nitrogens is 1. The van der Waals surface area contributed by atoms with Gasteiger partial charge in [0, 0.05) is 13.1 Å². The Hall–Kier alpha value is -1.60. The first-order valence-corrected chi connectivity index (χ1v) is 8.39. The molecule has 24 heavy (non-hydrogen) atoms. The molecule has 0 aromatic carbocycles. The summed E-state index contributed by atoms with van der Waals surface area (Å²) in [6, 6.07) is 0. The Balaban J connectivity index is 1.70. The zero-order valence-electron chi connectivity index (χ0n) is 15.3. The van der Waals surface area contributed by atoms with E-state index in [0.717, 1.165) is 11.9 Å². The van der Waals surface area contributed by atoms with Gasteiger partial charge in [-0.2, -0.15) is 0 Å². The predicted molar refractivity (Wildman–Crippen MR) is 90.7 cm³/mol. The summed E-state index contributed by atoms with van der Waals surface area (Å²) in [6.45, 7) is 12.9. The van der Waals surface area contributed by atoms with Crippen LogP contribution in [0.1, 0.15) is 55.9 Å². The third-order valence-corrected chi connectivity index (χ3v) is 5.33. The van der Waals surface area contributed by atoms with E-state index in [9.17, 15) is 4.79 Å². The van der Waals surface area contributed by atoms with Crippen LogP contribution in [0, 0.1) is 13.8 Å². The van der Waals surface area contributed by atoms with Crippen molar-refractivity contribution in [3.05, 3.63) is 28.6 Å². The van der Waals surface area contributed by atoms with Crippen LogP contribution in [-0.4, -0.2) is 47.4 Å². The molecule has 0 N–H and O–H groups in total. The third kappa shape index (κ3) is 2.80. The summed E-state index contributed by atoms with van der Waals surface area (Å²) in [4.78, 5) is 14.5. The van der Waals surface area contributed by atoms with E-state index in [1.165, 1.54) is 0 Å². The van der Waals surface area contributed by atoms with Gasteiger partial charge < -0.3 is 18.7 Å². The highest BCUT2D eigenvalue weighted by atomic mass is 16.7. The van der Waals surface area contributed by atoms with Gasteiger partial charge in [-0.1, -0.05) is 11.2 Å². The Kier molecular flexibility index (Phi) is 4.12. The molecule has 0 saturated carbocycles. The average Bonchev–Trinajstić information content (AvgIpc) is 2.95. The van der Waals surface area contributed by atoms with Gasteiger partial charge in [-0.3, -0.25) is 4.79 Å². The highest BCUT2D eigenvalue weighted by Gasteiger charge is 2.52. The zero-order valence-corrected chi connectivity index (χ0v) is 15.3. The fourth-order valence-electron chi connectivity index (χ4n) is 3.02. The van der Waals surface area contributed by atoms with Gasteiger partial charge in [0.05, 0.1) is 16.9 Å². The monoisotopic (exact) mass is 332 g/mol. The van der Waals surface area contributed by atoms with Gasteiger partial charge in [-0.15, -0.1) is 0 Å².